The van der Waals surface area contributed by atoms with Gasteiger partial charge in [-0.1, -0.05) is 31.5 Å². The molecule has 0 aliphatic carbocycles. The molecule has 4 nitrogen and oxygen atoms in total. The normalized spacial score (nSPS) is 11.9. The van der Waals surface area contributed by atoms with Gasteiger partial charge in [0.15, 0.2) is 0 Å². The highest BCUT2D eigenvalue weighted by Gasteiger charge is 2.11. The third-order valence-electron chi connectivity index (χ3n) is 2.88. The van der Waals surface area contributed by atoms with E-state index >= 15 is 0 Å². The molecule has 18 heavy (non-hydrogen) atoms. The number of nitrogens with zero attached hydrogens (tertiary/aromatic N) is 1. The summed E-state index contributed by atoms with van der Waals surface area (Å²) in [6.07, 6.45) is 1.67. The summed E-state index contributed by atoms with van der Waals surface area (Å²) in [5, 5.41) is 2.86. The molecule has 0 fully saturated rings. The predicted octanol–water partition coefficient (Wildman–Crippen LogP) is 1.37. The second kappa shape index (κ2) is 7.71. The molecular weight excluding hydrogens is 226 g/mol. The number of nitrogens with one attached hydrogen (secondary N) is 1. The van der Waals surface area contributed by atoms with Crippen molar-refractivity contribution in [1.82, 2.24) is 5.32 Å². The second-order valence-corrected chi connectivity index (χ2v) is 4.44. The highest BCUT2D eigenvalue weighted by atomic mass is 16.2. The molecule has 0 aliphatic rings. The van der Waals surface area contributed by atoms with Gasteiger partial charge in [0.1, 0.15) is 0 Å². The first kappa shape index (κ1) is 14.5. The average molecular weight is 249 g/mol. The minimum Gasteiger partial charge on any atom is -0.373 e. The van der Waals surface area contributed by atoms with Crippen LogP contribution in [0.5, 0.6) is 0 Å². The van der Waals surface area contributed by atoms with E-state index < -0.39 is 0 Å². The van der Waals surface area contributed by atoms with Crippen LogP contribution in [0.2, 0.25) is 0 Å². The molecule has 0 aliphatic heterocycles. The molecular formula is C14H23N3O. The molecule has 0 heterocycles. The number of nitrogens with two attached hydrogens (primary N) is 1. The Morgan fingerprint density at radius 3 is 2.67 bits per heavy atom. The minimum absolute atomic E-state index is 0.0571. The van der Waals surface area contributed by atoms with Crippen molar-refractivity contribution >= 4 is 11.6 Å². The zero-order valence-corrected chi connectivity index (χ0v) is 11.2. The van der Waals surface area contributed by atoms with Gasteiger partial charge in [0.25, 0.3) is 0 Å². The lowest BCUT2D eigenvalue weighted by atomic mass is 10.2. The van der Waals surface area contributed by atoms with Crippen molar-refractivity contribution in [2.45, 2.75) is 25.8 Å². The van der Waals surface area contributed by atoms with E-state index in [9.17, 15) is 4.79 Å². The molecule has 1 amide bonds. The van der Waals surface area contributed by atoms with Crippen molar-refractivity contribution in [2.75, 3.05) is 25.0 Å². The Bertz CT molecular complexity index is 353. The van der Waals surface area contributed by atoms with Crippen LogP contribution in [-0.4, -0.2) is 32.1 Å². The molecule has 4 heteroatoms. The van der Waals surface area contributed by atoms with E-state index in [1.54, 1.807) is 0 Å². The first-order valence-electron chi connectivity index (χ1n) is 6.44. The summed E-state index contributed by atoms with van der Waals surface area (Å²) in [5.74, 6) is -0.0571. The summed E-state index contributed by atoms with van der Waals surface area (Å²) in [4.78, 5) is 13.7. The Balaban J connectivity index is 2.27. The second-order valence-electron chi connectivity index (χ2n) is 4.44. The Morgan fingerprint density at radius 2 is 2.06 bits per heavy atom. The zero-order valence-electron chi connectivity index (χ0n) is 11.2. The van der Waals surface area contributed by atoms with Crippen LogP contribution in [0.1, 0.15) is 19.8 Å². The van der Waals surface area contributed by atoms with E-state index in [1.165, 1.54) is 0 Å². The standard InChI is InChI=1S/C14H23N3O/c1-3-7-13(15)14(18)16-10-11-17(2)12-8-5-4-6-9-12/h4-6,8-9,13H,3,7,10-11,15H2,1-2H3,(H,16,18)/t13-/m1/s1. The first-order valence-corrected chi connectivity index (χ1v) is 6.44. The SMILES string of the molecule is CCC[C@@H](N)C(=O)NCCN(C)c1ccccc1. The number of anilines is 1. The number of benzene rings is 1. The molecule has 0 aromatic heterocycles. The van der Waals surface area contributed by atoms with E-state index in [4.69, 9.17) is 5.73 Å². The molecule has 0 unspecified atom stereocenters. The van der Waals surface area contributed by atoms with Gasteiger partial charge in [0, 0.05) is 25.8 Å². The summed E-state index contributed by atoms with van der Waals surface area (Å²) in [5.41, 5.74) is 6.87. The third kappa shape index (κ3) is 4.75. The number of likely N-dealkylation sites (N-methyl/N-ethyl adjacent to an activating group) is 1. The van der Waals surface area contributed by atoms with E-state index in [-0.39, 0.29) is 11.9 Å². The number of carbonyl (C=O) groups is 1. The van der Waals surface area contributed by atoms with Gasteiger partial charge in [-0.05, 0) is 18.6 Å². The van der Waals surface area contributed by atoms with Crippen LogP contribution in [0.3, 0.4) is 0 Å². The Hall–Kier alpha value is -1.55. The van der Waals surface area contributed by atoms with Crippen LogP contribution in [-0.2, 0) is 4.79 Å². The predicted molar refractivity (Wildman–Crippen MR) is 75.6 cm³/mol. The summed E-state index contributed by atoms with van der Waals surface area (Å²) < 4.78 is 0. The van der Waals surface area contributed by atoms with Crippen molar-refractivity contribution in [3.05, 3.63) is 30.3 Å². The fourth-order valence-corrected chi connectivity index (χ4v) is 1.73. The molecule has 3 N–H and O–H groups in total. The van der Waals surface area contributed by atoms with Crippen molar-refractivity contribution in [1.29, 1.82) is 0 Å². The zero-order chi connectivity index (χ0) is 13.4. The Kier molecular flexibility index (Phi) is 6.22. The van der Waals surface area contributed by atoms with Gasteiger partial charge >= 0.3 is 0 Å². The van der Waals surface area contributed by atoms with Gasteiger partial charge in [0.2, 0.25) is 5.91 Å². The number of rotatable bonds is 7. The summed E-state index contributed by atoms with van der Waals surface area (Å²) >= 11 is 0. The lowest BCUT2D eigenvalue weighted by Gasteiger charge is -2.20. The van der Waals surface area contributed by atoms with E-state index in [1.807, 2.05) is 44.3 Å². The van der Waals surface area contributed by atoms with Gasteiger partial charge in [0.05, 0.1) is 6.04 Å². The maximum Gasteiger partial charge on any atom is 0.236 e. The van der Waals surface area contributed by atoms with Crippen molar-refractivity contribution in [3.8, 4) is 0 Å². The van der Waals surface area contributed by atoms with Gasteiger partial charge < -0.3 is 16.0 Å². The number of hydrogen-bond donors (Lipinski definition) is 2. The molecule has 0 radical (unpaired) electrons. The van der Waals surface area contributed by atoms with Gasteiger partial charge in [-0.2, -0.15) is 0 Å². The molecule has 1 aromatic carbocycles. The van der Waals surface area contributed by atoms with Crippen LogP contribution in [0.15, 0.2) is 30.3 Å². The Morgan fingerprint density at radius 1 is 1.39 bits per heavy atom. The van der Waals surface area contributed by atoms with Crippen LogP contribution in [0.25, 0.3) is 0 Å². The molecule has 0 spiro atoms. The van der Waals surface area contributed by atoms with E-state index in [2.05, 4.69) is 10.2 Å². The van der Waals surface area contributed by atoms with Crippen LogP contribution in [0, 0.1) is 0 Å². The Labute approximate surface area is 109 Å². The van der Waals surface area contributed by atoms with Crippen molar-refractivity contribution in [3.63, 3.8) is 0 Å². The van der Waals surface area contributed by atoms with Crippen LogP contribution in [0.4, 0.5) is 5.69 Å². The quantitative estimate of drug-likeness (QED) is 0.767. The van der Waals surface area contributed by atoms with Gasteiger partial charge in [-0.25, -0.2) is 0 Å². The highest BCUT2D eigenvalue weighted by Crippen LogP contribution is 2.09. The van der Waals surface area contributed by atoms with Crippen LogP contribution >= 0.6 is 0 Å². The van der Waals surface area contributed by atoms with Gasteiger partial charge in [-0.15, -0.1) is 0 Å². The molecule has 100 valence electrons. The lowest BCUT2D eigenvalue weighted by molar-refractivity contribution is -0.122. The summed E-state index contributed by atoms with van der Waals surface area (Å²) in [7, 11) is 2.01. The van der Waals surface area contributed by atoms with E-state index in [0.717, 1.165) is 25.1 Å². The van der Waals surface area contributed by atoms with E-state index in [0.29, 0.717) is 6.54 Å². The fraction of sp³-hybridized carbons (Fsp3) is 0.500. The molecule has 0 saturated heterocycles. The maximum atomic E-state index is 11.6. The monoisotopic (exact) mass is 249 g/mol. The highest BCUT2D eigenvalue weighted by molar-refractivity contribution is 5.81. The molecule has 0 bridgehead atoms. The molecule has 1 aromatic rings. The van der Waals surface area contributed by atoms with Crippen molar-refractivity contribution < 1.29 is 4.79 Å². The lowest BCUT2D eigenvalue weighted by Crippen LogP contribution is -2.43. The van der Waals surface area contributed by atoms with Gasteiger partial charge in [-0.3, -0.25) is 4.79 Å². The molecule has 1 atom stereocenters. The smallest absolute Gasteiger partial charge is 0.236 e. The molecule has 1 rings (SSSR count). The summed E-state index contributed by atoms with van der Waals surface area (Å²) in [6, 6.07) is 9.71. The largest absolute Gasteiger partial charge is 0.373 e. The average Bonchev–Trinajstić information content (AvgIpc) is 2.39. The van der Waals surface area contributed by atoms with Crippen molar-refractivity contribution in [2.24, 2.45) is 5.73 Å². The fourth-order valence-electron chi connectivity index (χ4n) is 1.73. The maximum absolute atomic E-state index is 11.6. The number of carbonyl (C=O) groups excluding carboxylic acids is 1. The molecule has 0 saturated carbocycles. The number of amides is 1. The first-order chi connectivity index (χ1) is 8.65. The topological polar surface area (TPSA) is 58.4 Å². The van der Waals surface area contributed by atoms with Crippen LogP contribution < -0.4 is 16.0 Å². The number of para-hydroxylation sites is 1. The summed E-state index contributed by atoms with van der Waals surface area (Å²) in [6.45, 7) is 3.41. The number of hydrogen-bond acceptors (Lipinski definition) is 3. The minimum atomic E-state index is -0.378. The third-order valence-corrected chi connectivity index (χ3v) is 2.88.